The van der Waals surface area contributed by atoms with Crippen molar-refractivity contribution in [2.24, 2.45) is 0 Å². The fourth-order valence-corrected chi connectivity index (χ4v) is 2.55. The first-order chi connectivity index (χ1) is 11.7. The summed E-state index contributed by atoms with van der Waals surface area (Å²) < 4.78 is 0. The molecule has 0 spiro atoms. The van der Waals surface area contributed by atoms with E-state index in [1.54, 1.807) is 24.4 Å². The molecule has 0 atom stereocenters. The minimum absolute atomic E-state index is 0.0291. The van der Waals surface area contributed by atoms with Crippen LogP contribution < -0.4 is 5.32 Å². The highest BCUT2D eigenvalue weighted by Gasteiger charge is 2.09. The van der Waals surface area contributed by atoms with Gasteiger partial charge in [-0.2, -0.15) is 5.10 Å². The van der Waals surface area contributed by atoms with Gasteiger partial charge in [0.15, 0.2) is 0 Å². The molecule has 2 aromatic carbocycles. The van der Waals surface area contributed by atoms with Crippen LogP contribution in [0, 0.1) is 0 Å². The largest absolute Gasteiger partial charge is 0.508 e. The second kappa shape index (κ2) is 7.46. The number of benzene rings is 2. The van der Waals surface area contributed by atoms with Crippen molar-refractivity contribution < 1.29 is 9.90 Å². The zero-order valence-corrected chi connectivity index (χ0v) is 13.2. The minimum Gasteiger partial charge on any atom is -0.508 e. The van der Waals surface area contributed by atoms with E-state index >= 15 is 0 Å². The highest BCUT2D eigenvalue weighted by atomic mass is 16.3. The molecule has 0 fully saturated rings. The number of hydrogen-bond acceptors (Lipinski definition) is 3. The maximum atomic E-state index is 12.0. The van der Waals surface area contributed by atoms with Gasteiger partial charge in [0.2, 0.25) is 5.91 Å². The smallest absolute Gasteiger partial charge is 0.220 e. The maximum Gasteiger partial charge on any atom is 0.220 e. The summed E-state index contributed by atoms with van der Waals surface area (Å²) in [5, 5.41) is 19.4. The van der Waals surface area contributed by atoms with E-state index in [0.717, 1.165) is 22.4 Å². The summed E-state index contributed by atoms with van der Waals surface area (Å²) in [5.41, 5.74) is 3.85. The Morgan fingerprint density at radius 2 is 1.96 bits per heavy atom. The molecule has 0 bridgehead atoms. The number of phenols is 1. The van der Waals surface area contributed by atoms with Gasteiger partial charge in [-0.1, -0.05) is 42.5 Å². The van der Waals surface area contributed by atoms with Gasteiger partial charge in [-0.15, -0.1) is 0 Å². The van der Waals surface area contributed by atoms with Crippen molar-refractivity contribution in [2.75, 3.05) is 0 Å². The van der Waals surface area contributed by atoms with Crippen molar-refractivity contribution in [3.8, 4) is 17.0 Å². The molecule has 0 radical (unpaired) electrons. The topological polar surface area (TPSA) is 78.0 Å². The molecule has 3 aromatic rings. The minimum atomic E-state index is -0.0291. The van der Waals surface area contributed by atoms with Gasteiger partial charge in [-0.3, -0.25) is 9.89 Å². The van der Waals surface area contributed by atoms with Crippen LogP contribution >= 0.6 is 0 Å². The molecule has 1 amide bonds. The molecule has 3 N–H and O–H groups in total. The third kappa shape index (κ3) is 4.01. The SMILES string of the molecule is O=C(CCc1cccc(O)c1)NCc1cn[nH]c1-c1ccccc1. The molecule has 0 aliphatic carbocycles. The molecule has 5 heteroatoms. The van der Waals surface area contributed by atoms with Gasteiger partial charge in [0, 0.05) is 18.5 Å². The first-order valence-corrected chi connectivity index (χ1v) is 7.84. The van der Waals surface area contributed by atoms with Gasteiger partial charge in [-0.05, 0) is 29.7 Å². The van der Waals surface area contributed by atoms with Crippen LogP contribution in [0.3, 0.4) is 0 Å². The Morgan fingerprint density at radius 1 is 1.12 bits per heavy atom. The Bertz CT molecular complexity index is 812. The van der Waals surface area contributed by atoms with Gasteiger partial charge < -0.3 is 10.4 Å². The molecular weight excluding hydrogens is 302 g/mol. The Kier molecular flexibility index (Phi) is 4.91. The predicted molar refractivity (Wildman–Crippen MR) is 92.3 cm³/mol. The van der Waals surface area contributed by atoms with Crippen LogP contribution in [0.2, 0.25) is 0 Å². The molecule has 24 heavy (non-hydrogen) atoms. The highest BCUT2D eigenvalue weighted by molar-refractivity contribution is 5.76. The zero-order valence-electron chi connectivity index (χ0n) is 13.2. The molecule has 122 valence electrons. The Labute approximate surface area is 140 Å². The van der Waals surface area contributed by atoms with E-state index in [2.05, 4.69) is 15.5 Å². The maximum absolute atomic E-state index is 12.0. The summed E-state index contributed by atoms with van der Waals surface area (Å²) in [6.45, 7) is 0.430. The van der Waals surface area contributed by atoms with Crippen LogP contribution in [0.15, 0.2) is 60.8 Å². The van der Waals surface area contributed by atoms with E-state index in [-0.39, 0.29) is 11.7 Å². The number of carbonyl (C=O) groups excluding carboxylic acids is 1. The number of nitrogens with zero attached hydrogens (tertiary/aromatic N) is 1. The van der Waals surface area contributed by atoms with E-state index in [9.17, 15) is 9.90 Å². The number of rotatable bonds is 6. The number of carbonyl (C=O) groups is 1. The van der Waals surface area contributed by atoms with Crippen molar-refractivity contribution in [2.45, 2.75) is 19.4 Å². The number of H-pyrrole nitrogens is 1. The van der Waals surface area contributed by atoms with Crippen LogP contribution in [0.25, 0.3) is 11.3 Å². The summed E-state index contributed by atoms with van der Waals surface area (Å²) in [6.07, 6.45) is 2.71. The van der Waals surface area contributed by atoms with Gasteiger partial charge in [0.05, 0.1) is 11.9 Å². The van der Waals surface area contributed by atoms with Crippen molar-refractivity contribution in [1.29, 1.82) is 0 Å². The van der Waals surface area contributed by atoms with E-state index in [4.69, 9.17) is 0 Å². The Morgan fingerprint density at radius 3 is 2.75 bits per heavy atom. The van der Waals surface area contributed by atoms with E-state index in [1.807, 2.05) is 36.4 Å². The second-order valence-electron chi connectivity index (χ2n) is 5.58. The van der Waals surface area contributed by atoms with Crippen LogP contribution in [0.1, 0.15) is 17.5 Å². The molecular formula is C19H19N3O2. The van der Waals surface area contributed by atoms with Crippen molar-refractivity contribution in [3.05, 3.63) is 71.9 Å². The summed E-state index contributed by atoms with van der Waals surface area (Å²) in [4.78, 5) is 12.0. The summed E-state index contributed by atoms with van der Waals surface area (Å²) >= 11 is 0. The molecule has 1 aromatic heterocycles. The van der Waals surface area contributed by atoms with Crippen LogP contribution in [0.5, 0.6) is 5.75 Å². The molecule has 5 nitrogen and oxygen atoms in total. The van der Waals surface area contributed by atoms with Crippen LogP contribution in [0.4, 0.5) is 0 Å². The molecule has 3 rings (SSSR count). The van der Waals surface area contributed by atoms with E-state index < -0.39 is 0 Å². The quantitative estimate of drug-likeness (QED) is 0.653. The zero-order chi connectivity index (χ0) is 16.8. The first kappa shape index (κ1) is 15.8. The van der Waals surface area contributed by atoms with Crippen LogP contribution in [-0.2, 0) is 17.8 Å². The number of phenolic OH excluding ortho intramolecular Hbond substituents is 1. The number of aromatic amines is 1. The second-order valence-corrected chi connectivity index (χ2v) is 5.58. The average molecular weight is 321 g/mol. The normalized spacial score (nSPS) is 10.5. The number of aromatic nitrogens is 2. The summed E-state index contributed by atoms with van der Waals surface area (Å²) in [7, 11) is 0. The molecule has 0 saturated heterocycles. The summed E-state index contributed by atoms with van der Waals surface area (Å²) in [5.74, 6) is 0.192. The van der Waals surface area contributed by atoms with Crippen molar-refractivity contribution in [3.63, 3.8) is 0 Å². The highest BCUT2D eigenvalue weighted by Crippen LogP contribution is 2.20. The number of nitrogens with one attached hydrogen (secondary N) is 2. The molecule has 0 aliphatic rings. The number of aryl methyl sites for hydroxylation is 1. The average Bonchev–Trinajstić information content (AvgIpc) is 3.07. The number of hydrogen-bond donors (Lipinski definition) is 3. The molecule has 1 heterocycles. The van der Waals surface area contributed by atoms with Gasteiger partial charge in [-0.25, -0.2) is 0 Å². The summed E-state index contributed by atoms with van der Waals surface area (Å²) in [6, 6.07) is 16.9. The third-order valence-electron chi connectivity index (χ3n) is 3.81. The van der Waals surface area contributed by atoms with Crippen LogP contribution in [-0.4, -0.2) is 21.2 Å². The Balaban J connectivity index is 1.55. The van der Waals surface area contributed by atoms with E-state index in [1.165, 1.54) is 0 Å². The Hall–Kier alpha value is -3.08. The fourth-order valence-electron chi connectivity index (χ4n) is 2.55. The monoisotopic (exact) mass is 321 g/mol. The lowest BCUT2D eigenvalue weighted by molar-refractivity contribution is -0.121. The number of aromatic hydroxyl groups is 1. The predicted octanol–water partition coefficient (Wildman–Crippen LogP) is 3.03. The lowest BCUT2D eigenvalue weighted by Gasteiger charge is -2.07. The third-order valence-corrected chi connectivity index (χ3v) is 3.81. The van der Waals surface area contributed by atoms with Crippen molar-refractivity contribution >= 4 is 5.91 Å². The van der Waals surface area contributed by atoms with Gasteiger partial charge >= 0.3 is 0 Å². The molecule has 0 unspecified atom stereocenters. The lowest BCUT2D eigenvalue weighted by atomic mass is 10.1. The standard InChI is InChI=1S/C19H19N3O2/c23-17-8-4-5-14(11-17)9-10-18(24)20-12-16-13-21-22-19(16)15-6-2-1-3-7-15/h1-8,11,13,23H,9-10,12H2,(H,20,24)(H,21,22). The van der Waals surface area contributed by atoms with Gasteiger partial charge in [0.1, 0.15) is 5.75 Å². The molecule has 0 aliphatic heterocycles. The first-order valence-electron chi connectivity index (χ1n) is 7.84. The fraction of sp³-hybridized carbons (Fsp3) is 0.158. The molecule has 0 saturated carbocycles. The lowest BCUT2D eigenvalue weighted by Crippen LogP contribution is -2.23. The van der Waals surface area contributed by atoms with E-state index in [0.29, 0.717) is 19.4 Å². The van der Waals surface area contributed by atoms with Gasteiger partial charge in [0.25, 0.3) is 0 Å². The number of amides is 1. The van der Waals surface area contributed by atoms with Crippen molar-refractivity contribution in [1.82, 2.24) is 15.5 Å².